The van der Waals surface area contributed by atoms with Crippen molar-refractivity contribution in [1.82, 2.24) is 15.0 Å². The lowest BCUT2D eigenvalue weighted by atomic mass is 9.99. The molecule has 0 amide bonds. The molecule has 0 saturated carbocycles. The van der Waals surface area contributed by atoms with Gasteiger partial charge in [-0.15, -0.1) is 0 Å². The van der Waals surface area contributed by atoms with Crippen LogP contribution in [0.3, 0.4) is 0 Å². The van der Waals surface area contributed by atoms with Gasteiger partial charge in [0.05, 0.1) is 13.2 Å². The Labute approximate surface area is 208 Å². The Kier molecular flexibility index (Phi) is 13.1. The molecule has 1 aromatic heterocycles. The minimum Gasteiger partial charge on any atom is -0.493 e. The molecular weight excluding hydrogens is 454 g/mol. The molecule has 0 fully saturated rings. The van der Waals surface area contributed by atoms with E-state index >= 15 is 0 Å². The zero-order valence-corrected chi connectivity index (χ0v) is 21.7. The standard InChI is InChI=1S/C24H39N5O6/c1-7-19(2)20-9-11-21(12-10-20)34-13-8-14-35-24-26-22(28(15-30-3)16-31-4)25-23(27-24)29(17-32-5)18-33-6/h9-12,19H,7-8,13-18H2,1-6H3. The Bertz CT molecular complexity index is 795. The van der Waals surface area contributed by atoms with Gasteiger partial charge in [-0.3, -0.25) is 9.80 Å². The highest BCUT2D eigenvalue weighted by Crippen LogP contribution is 2.22. The van der Waals surface area contributed by atoms with E-state index in [1.165, 1.54) is 5.56 Å². The maximum absolute atomic E-state index is 5.85. The first-order chi connectivity index (χ1) is 17.1. The molecule has 11 heteroatoms. The van der Waals surface area contributed by atoms with Gasteiger partial charge >= 0.3 is 6.01 Å². The summed E-state index contributed by atoms with van der Waals surface area (Å²) >= 11 is 0. The van der Waals surface area contributed by atoms with Gasteiger partial charge in [-0.1, -0.05) is 26.0 Å². The number of rotatable bonds is 18. The monoisotopic (exact) mass is 493 g/mol. The molecule has 0 aliphatic rings. The van der Waals surface area contributed by atoms with Crippen LogP contribution in [0.15, 0.2) is 24.3 Å². The fourth-order valence-corrected chi connectivity index (χ4v) is 3.15. The van der Waals surface area contributed by atoms with Crippen LogP contribution in [0.4, 0.5) is 11.9 Å². The highest BCUT2D eigenvalue weighted by atomic mass is 16.5. The van der Waals surface area contributed by atoms with Crippen molar-refractivity contribution in [3.8, 4) is 11.8 Å². The summed E-state index contributed by atoms with van der Waals surface area (Å²) in [6, 6.07) is 8.43. The van der Waals surface area contributed by atoms with Gasteiger partial charge in [0, 0.05) is 34.9 Å². The summed E-state index contributed by atoms with van der Waals surface area (Å²) in [6.45, 7) is 6.21. The summed E-state index contributed by atoms with van der Waals surface area (Å²) in [5, 5.41) is 0. The minimum absolute atomic E-state index is 0.178. The third-order valence-corrected chi connectivity index (χ3v) is 5.15. The van der Waals surface area contributed by atoms with E-state index in [0.717, 1.165) is 12.2 Å². The summed E-state index contributed by atoms with van der Waals surface area (Å²) in [4.78, 5) is 16.8. The van der Waals surface area contributed by atoms with E-state index in [1.807, 2.05) is 12.1 Å². The van der Waals surface area contributed by atoms with Crippen molar-refractivity contribution in [2.24, 2.45) is 0 Å². The Morgan fingerprint density at radius 1 is 0.714 bits per heavy atom. The van der Waals surface area contributed by atoms with Gasteiger partial charge in [-0.25, -0.2) is 0 Å². The van der Waals surface area contributed by atoms with E-state index in [2.05, 4.69) is 40.9 Å². The van der Waals surface area contributed by atoms with Gasteiger partial charge in [0.2, 0.25) is 11.9 Å². The van der Waals surface area contributed by atoms with Crippen LogP contribution in [0, 0.1) is 0 Å². The molecule has 0 spiro atoms. The van der Waals surface area contributed by atoms with Crippen molar-refractivity contribution in [1.29, 1.82) is 0 Å². The fraction of sp³-hybridized carbons (Fsp3) is 0.625. The number of hydrogen-bond donors (Lipinski definition) is 0. The van der Waals surface area contributed by atoms with Gasteiger partial charge in [-0.05, 0) is 30.0 Å². The number of nitrogens with zero attached hydrogens (tertiary/aromatic N) is 5. The van der Waals surface area contributed by atoms with E-state index in [0.29, 0.717) is 37.4 Å². The zero-order chi connectivity index (χ0) is 25.5. The van der Waals surface area contributed by atoms with E-state index in [9.17, 15) is 0 Å². The number of hydrogen-bond acceptors (Lipinski definition) is 11. The molecule has 0 saturated heterocycles. The number of ether oxygens (including phenoxy) is 6. The topological polar surface area (TPSA) is 101 Å². The predicted octanol–water partition coefficient (Wildman–Crippen LogP) is 3.26. The second-order valence-electron chi connectivity index (χ2n) is 7.90. The third kappa shape index (κ3) is 9.44. The summed E-state index contributed by atoms with van der Waals surface area (Å²) < 4.78 is 32.7. The fourth-order valence-electron chi connectivity index (χ4n) is 3.15. The Morgan fingerprint density at radius 3 is 1.66 bits per heavy atom. The van der Waals surface area contributed by atoms with Gasteiger partial charge < -0.3 is 28.4 Å². The van der Waals surface area contributed by atoms with Crippen LogP contribution in [-0.4, -0.2) is 83.5 Å². The quantitative estimate of drug-likeness (QED) is 0.226. The molecule has 0 aliphatic heterocycles. The smallest absolute Gasteiger partial charge is 0.323 e. The molecular formula is C24H39N5O6. The molecule has 1 aromatic carbocycles. The van der Waals surface area contributed by atoms with Crippen molar-refractivity contribution < 1.29 is 28.4 Å². The molecule has 0 radical (unpaired) electrons. The highest BCUT2D eigenvalue weighted by Gasteiger charge is 2.18. The Balaban J connectivity index is 2.03. The van der Waals surface area contributed by atoms with Crippen LogP contribution >= 0.6 is 0 Å². The third-order valence-electron chi connectivity index (χ3n) is 5.15. The molecule has 2 rings (SSSR count). The van der Waals surface area contributed by atoms with Crippen molar-refractivity contribution in [3.05, 3.63) is 29.8 Å². The van der Waals surface area contributed by atoms with Crippen LogP contribution in [0.25, 0.3) is 0 Å². The van der Waals surface area contributed by atoms with Gasteiger partial charge in [0.1, 0.15) is 32.7 Å². The van der Waals surface area contributed by atoms with Crippen LogP contribution in [0.5, 0.6) is 11.8 Å². The molecule has 2 aromatic rings. The zero-order valence-electron chi connectivity index (χ0n) is 21.7. The maximum Gasteiger partial charge on any atom is 0.323 e. The summed E-state index contributed by atoms with van der Waals surface area (Å²) in [5.41, 5.74) is 1.32. The molecule has 0 aliphatic carbocycles. The minimum atomic E-state index is 0.178. The van der Waals surface area contributed by atoms with Crippen LogP contribution < -0.4 is 19.3 Å². The normalized spacial score (nSPS) is 11.8. The molecule has 35 heavy (non-hydrogen) atoms. The van der Waals surface area contributed by atoms with Gasteiger partial charge in [-0.2, -0.15) is 15.0 Å². The molecule has 1 heterocycles. The van der Waals surface area contributed by atoms with Crippen molar-refractivity contribution in [2.75, 3.05) is 78.4 Å². The molecule has 1 unspecified atom stereocenters. The SMILES string of the molecule is CCC(C)c1ccc(OCCCOc2nc(N(COC)COC)nc(N(COC)COC)n2)cc1. The average molecular weight is 494 g/mol. The van der Waals surface area contributed by atoms with Gasteiger partial charge in [0.25, 0.3) is 0 Å². The molecule has 1 atom stereocenters. The van der Waals surface area contributed by atoms with E-state index in [4.69, 9.17) is 28.4 Å². The summed E-state index contributed by atoms with van der Waals surface area (Å²) in [6.07, 6.45) is 1.77. The lowest BCUT2D eigenvalue weighted by Crippen LogP contribution is -2.33. The number of anilines is 2. The highest BCUT2D eigenvalue weighted by molar-refractivity contribution is 5.39. The Morgan fingerprint density at radius 2 is 1.20 bits per heavy atom. The summed E-state index contributed by atoms with van der Waals surface area (Å²) in [5.74, 6) is 2.08. The predicted molar refractivity (Wildman–Crippen MR) is 133 cm³/mol. The van der Waals surface area contributed by atoms with Crippen LogP contribution in [0.2, 0.25) is 0 Å². The number of benzene rings is 1. The van der Waals surface area contributed by atoms with E-state index in [-0.39, 0.29) is 32.9 Å². The number of aromatic nitrogens is 3. The average Bonchev–Trinajstić information content (AvgIpc) is 2.88. The van der Waals surface area contributed by atoms with Gasteiger partial charge in [0.15, 0.2) is 0 Å². The molecule has 196 valence electrons. The summed E-state index contributed by atoms with van der Waals surface area (Å²) in [7, 11) is 6.34. The molecule has 0 bridgehead atoms. The van der Waals surface area contributed by atoms with E-state index < -0.39 is 0 Å². The van der Waals surface area contributed by atoms with E-state index in [1.54, 1.807) is 38.2 Å². The lowest BCUT2D eigenvalue weighted by molar-refractivity contribution is 0.135. The second-order valence-corrected chi connectivity index (χ2v) is 7.90. The second kappa shape index (κ2) is 16.0. The maximum atomic E-state index is 5.85. The van der Waals surface area contributed by atoms with Crippen LogP contribution in [0.1, 0.15) is 38.2 Å². The first-order valence-corrected chi connectivity index (χ1v) is 11.6. The van der Waals surface area contributed by atoms with Crippen LogP contribution in [-0.2, 0) is 18.9 Å². The van der Waals surface area contributed by atoms with Crippen molar-refractivity contribution >= 4 is 11.9 Å². The first-order valence-electron chi connectivity index (χ1n) is 11.6. The molecule has 0 N–H and O–H groups in total. The molecule has 11 nitrogen and oxygen atoms in total. The Hall–Kier alpha value is -2.73. The van der Waals surface area contributed by atoms with Crippen molar-refractivity contribution in [3.63, 3.8) is 0 Å². The van der Waals surface area contributed by atoms with Crippen molar-refractivity contribution in [2.45, 2.75) is 32.6 Å². The lowest BCUT2D eigenvalue weighted by Gasteiger charge is -2.24. The first kappa shape index (κ1) is 28.5. The largest absolute Gasteiger partial charge is 0.493 e. The number of methoxy groups -OCH3 is 4.